The fourth-order valence-electron chi connectivity index (χ4n) is 3.52. The Bertz CT molecular complexity index is 799. The second-order valence-corrected chi connectivity index (χ2v) is 8.57. The number of aryl methyl sites for hydroxylation is 3. The Hall–Kier alpha value is -1.72. The van der Waals surface area contributed by atoms with E-state index in [0.29, 0.717) is 0 Å². The normalized spacial score (nSPS) is 15.8. The van der Waals surface area contributed by atoms with Gasteiger partial charge in [0.1, 0.15) is 9.88 Å². The third kappa shape index (κ3) is 4.77. The SMILES string of the molecule is CCCCN1CCCN(C(=O)c2sc(-c3ccc(C)c(C)c3)nc2C)CC1. The van der Waals surface area contributed by atoms with Gasteiger partial charge >= 0.3 is 0 Å². The van der Waals surface area contributed by atoms with Gasteiger partial charge in [0, 0.05) is 25.2 Å². The Morgan fingerprint density at radius 2 is 1.93 bits per heavy atom. The third-order valence-corrected chi connectivity index (χ3v) is 6.64. The molecule has 4 nitrogen and oxygen atoms in total. The molecule has 2 aromatic rings. The van der Waals surface area contributed by atoms with Gasteiger partial charge in [0.15, 0.2) is 0 Å². The summed E-state index contributed by atoms with van der Waals surface area (Å²) in [5.41, 5.74) is 4.49. The zero-order valence-electron chi connectivity index (χ0n) is 17.0. The van der Waals surface area contributed by atoms with Gasteiger partial charge in [-0.3, -0.25) is 4.79 Å². The average Bonchev–Trinajstić information content (AvgIpc) is 2.89. The van der Waals surface area contributed by atoms with Gasteiger partial charge in [-0.25, -0.2) is 4.98 Å². The minimum Gasteiger partial charge on any atom is -0.337 e. The minimum absolute atomic E-state index is 0.150. The van der Waals surface area contributed by atoms with E-state index in [-0.39, 0.29) is 5.91 Å². The number of carbonyl (C=O) groups excluding carboxylic acids is 1. The lowest BCUT2D eigenvalue weighted by molar-refractivity contribution is 0.0765. The molecule has 0 spiro atoms. The molecule has 1 fully saturated rings. The Balaban J connectivity index is 1.73. The average molecular weight is 386 g/mol. The molecule has 1 aliphatic rings. The number of hydrogen-bond acceptors (Lipinski definition) is 4. The van der Waals surface area contributed by atoms with Crippen LogP contribution in [-0.2, 0) is 0 Å². The van der Waals surface area contributed by atoms with Gasteiger partial charge in [-0.15, -0.1) is 11.3 Å². The Labute approximate surface area is 167 Å². The van der Waals surface area contributed by atoms with Crippen LogP contribution in [0.3, 0.4) is 0 Å². The van der Waals surface area contributed by atoms with Crippen molar-refractivity contribution < 1.29 is 4.79 Å². The summed E-state index contributed by atoms with van der Waals surface area (Å²) in [5, 5.41) is 0.943. The first kappa shape index (κ1) is 20.0. The number of amides is 1. The van der Waals surface area contributed by atoms with Crippen LogP contribution in [0.5, 0.6) is 0 Å². The van der Waals surface area contributed by atoms with Crippen LogP contribution in [0.2, 0.25) is 0 Å². The van der Waals surface area contributed by atoms with Crippen molar-refractivity contribution in [1.82, 2.24) is 14.8 Å². The van der Waals surface area contributed by atoms with Gasteiger partial charge in [-0.05, 0) is 63.9 Å². The van der Waals surface area contributed by atoms with Crippen LogP contribution in [0, 0.1) is 20.8 Å². The lowest BCUT2D eigenvalue weighted by Crippen LogP contribution is -2.35. The third-order valence-electron chi connectivity index (χ3n) is 5.45. The molecule has 1 aliphatic heterocycles. The Kier molecular flexibility index (Phi) is 6.66. The molecule has 3 rings (SSSR count). The predicted molar refractivity (Wildman–Crippen MR) is 114 cm³/mol. The van der Waals surface area contributed by atoms with Crippen molar-refractivity contribution in [3.05, 3.63) is 39.9 Å². The van der Waals surface area contributed by atoms with Crippen molar-refractivity contribution in [2.75, 3.05) is 32.7 Å². The zero-order chi connectivity index (χ0) is 19.4. The first-order chi connectivity index (χ1) is 13.0. The van der Waals surface area contributed by atoms with E-state index in [9.17, 15) is 4.79 Å². The molecular weight excluding hydrogens is 354 g/mol. The molecule has 0 N–H and O–H groups in total. The second kappa shape index (κ2) is 8.98. The Morgan fingerprint density at radius 3 is 2.67 bits per heavy atom. The molecular formula is C22H31N3OS. The molecule has 0 unspecified atom stereocenters. The molecule has 1 saturated heterocycles. The molecule has 0 bridgehead atoms. The van der Waals surface area contributed by atoms with E-state index in [1.807, 2.05) is 11.8 Å². The first-order valence-electron chi connectivity index (χ1n) is 10.1. The molecule has 1 aromatic heterocycles. The van der Waals surface area contributed by atoms with Crippen molar-refractivity contribution in [3.63, 3.8) is 0 Å². The van der Waals surface area contributed by atoms with E-state index >= 15 is 0 Å². The van der Waals surface area contributed by atoms with E-state index in [2.05, 4.69) is 43.9 Å². The van der Waals surface area contributed by atoms with Crippen LogP contribution >= 0.6 is 11.3 Å². The highest BCUT2D eigenvalue weighted by Crippen LogP contribution is 2.30. The summed E-state index contributed by atoms with van der Waals surface area (Å²) in [7, 11) is 0. The number of rotatable bonds is 5. The maximum atomic E-state index is 13.1. The summed E-state index contributed by atoms with van der Waals surface area (Å²) in [6.07, 6.45) is 3.51. The van der Waals surface area contributed by atoms with Crippen LogP contribution in [0.15, 0.2) is 18.2 Å². The van der Waals surface area contributed by atoms with Gasteiger partial charge in [-0.1, -0.05) is 25.5 Å². The number of thiazole rings is 1. The van der Waals surface area contributed by atoms with Crippen molar-refractivity contribution in [1.29, 1.82) is 0 Å². The van der Waals surface area contributed by atoms with Gasteiger partial charge in [0.2, 0.25) is 0 Å². The molecule has 0 aliphatic carbocycles. The van der Waals surface area contributed by atoms with Crippen LogP contribution in [-0.4, -0.2) is 53.4 Å². The summed E-state index contributed by atoms with van der Waals surface area (Å²) in [4.78, 5) is 23.2. The highest BCUT2D eigenvalue weighted by Gasteiger charge is 2.24. The highest BCUT2D eigenvalue weighted by molar-refractivity contribution is 7.17. The molecule has 1 amide bonds. The van der Waals surface area contributed by atoms with Gasteiger partial charge < -0.3 is 9.80 Å². The number of hydrogen-bond donors (Lipinski definition) is 0. The lowest BCUT2D eigenvalue weighted by Gasteiger charge is -2.21. The molecule has 0 radical (unpaired) electrons. The quantitative estimate of drug-likeness (QED) is 0.749. The van der Waals surface area contributed by atoms with Crippen molar-refractivity contribution in [2.45, 2.75) is 47.0 Å². The van der Waals surface area contributed by atoms with Crippen LogP contribution < -0.4 is 0 Å². The fraction of sp³-hybridized carbons (Fsp3) is 0.545. The van der Waals surface area contributed by atoms with E-state index in [1.54, 1.807) is 0 Å². The maximum absolute atomic E-state index is 13.1. The number of carbonyl (C=O) groups is 1. The largest absolute Gasteiger partial charge is 0.337 e. The molecule has 0 saturated carbocycles. The number of unbranched alkanes of at least 4 members (excludes halogenated alkanes) is 1. The molecule has 5 heteroatoms. The topological polar surface area (TPSA) is 36.4 Å². The van der Waals surface area contributed by atoms with E-state index < -0.39 is 0 Å². The molecule has 1 aromatic carbocycles. The standard InChI is InChI=1S/C22H31N3OS/c1-5-6-10-24-11-7-12-25(14-13-24)22(26)20-18(4)23-21(27-20)19-9-8-16(2)17(3)15-19/h8-9,15H,5-7,10-14H2,1-4H3. The first-order valence-corrected chi connectivity index (χ1v) is 10.9. The van der Waals surface area contributed by atoms with Gasteiger partial charge in [0.25, 0.3) is 5.91 Å². The number of nitrogens with zero attached hydrogens (tertiary/aromatic N) is 3. The molecule has 146 valence electrons. The van der Waals surface area contributed by atoms with Crippen molar-refractivity contribution >= 4 is 17.2 Å². The zero-order valence-corrected chi connectivity index (χ0v) is 17.9. The van der Waals surface area contributed by atoms with E-state index in [1.165, 1.54) is 35.3 Å². The summed E-state index contributed by atoms with van der Waals surface area (Å²) in [6.45, 7) is 13.3. The monoisotopic (exact) mass is 385 g/mol. The molecule has 2 heterocycles. The Morgan fingerprint density at radius 1 is 1.11 bits per heavy atom. The smallest absolute Gasteiger partial charge is 0.265 e. The van der Waals surface area contributed by atoms with Crippen LogP contribution in [0.4, 0.5) is 0 Å². The van der Waals surface area contributed by atoms with Crippen molar-refractivity contribution in [3.8, 4) is 10.6 Å². The fourth-order valence-corrected chi connectivity index (χ4v) is 4.55. The second-order valence-electron chi connectivity index (χ2n) is 7.57. The van der Waals surface area contributed by atoms with Crippen LogP contribution in [0.25, 0.3) is 10.6 Å². The summed E-state index contributed by atoms with van der Waals surface area (Å²) < 4.78 is 0. The predicted octanol–water partition coefficient (Wildman–Crippen LogP) is 4.68. The molecule has 0 atom stereocenters. The lowest BCUT2D eigenvalue weighted by atomic mass is 10.1. The minimum atomic E-state index is 0.150. The summed E-state index contributed by atoms with van der Waals surface area (Å²) in [6, 6.07) is 6.40. The van der Waals surface area contributed by atoms with E-state index in [0.717, 1.165) is 60.3 Å². The van der Waals surface area contributed by atoms with E-state index in [4.69, 9.17) is 4.98 Å². The summed E-state index contributed by atoms with van der Waals surface area (Å²) >= 11 is 1.53. The van der Waals surface area contributed by atoms with Crippen LogP contribution in [0.1, 0.15) is 52.7 Å². The van der Waals surface area contributed by atoms with Crippen molar-refractivity contribution in [2.24, 2.45) is 0 Å². The highest BCUT2D eigenvalue weighted by atomic mass is 32.1. The number of benzene rings is 1. The molecule has 27 heavy (non-hydrogen) atoms. The maximum Gasteiger partial charge on any atom is 0.265 e. The van der Waals surface area contributed by atoms with Gasteiger partial charge in [-0.2, -0.15) is 0 Å². The van der Waals surface area contributed by atoms with Gasteiger partial charge in [0.05, 0.1) is 5.69 Å². The summed E-state index contributed by atoms with van der Waals surface area (Å²) in [5.74, 6) is 0.150. The number of aromatic nitrogens is 1.